The van der Waals surface area contributed by atoms with E-state index in [0.717, 1.165) is 0 Å². The zero-order valence-electron chi connectivity index (χ0n) is 11.5. The Morgan fingerprint density at radius 1 is 1.05 bits per heavy atom. The van der Waals surface area contributed by atoms with Gasteiger partial charge in [-0.05, 0) is 29.8 Å². The minimum absolute atomic E-state index is 0.0346. The van der Waals surface area contributed by atoms with Crippen molar-refractivity contribution >= 4 is 23.3 Å². The Morgan fingerprint density at radius 2 is 1.73 bits per heavy atom. The van der Waals surface area contributed by atoms with Crippen LogP contribution in [0.15, 0.2) is 47.5 Å². The molecule has 0 aliphatic heterocycles. The van der Waals surface area contributed by atoms with E-state index in [0.29, 0.717) is 11.3 Å². The Hall–Kier alpha value is -3.29. The Bertz CT molecular complexity index is 741. The van der Waals surface area contributed by atoms with E-state index in [9.17, 15) is 20.2 Å². The number of nitro groups is 2. The number of non-ortho nitro benzene ring substituents is 1. The van der Waals surface area contributed by atoms with E-state index < -0.39 is 9.85 Å². The highest BCUT2D eigenvalue weighted by atomic mass is 16.6. The van der Waals surface area contributed by atoms with Crippen molar-refractivity contribution in [1.29, 1.82) is 0 Å². The molecule has 0 aliphatic carbocycles. The van der Waals surface area contributed by atoms with Gasteiger partial charge in [-0.2, -0.15) is 0 Å². The minimum atomic E-state index is -0.551. The first-order valence-corrected chi connectivity index (χ1v) is 6.12. The second-order valence-electron chi connectivity index (χ2n) is 4.22. The third-order valence-corrected chi connectivity index (χ3v) is 2.84. The summed E-state index contributed by atoms with van der Waals surface area (Å²) in [6, 6.07) is 10.0. The summed E-state index contributed by atoms with van der Waals surface area (Å²) in [7, 11) is 1.42. The molecule has 8 nitrogen and oxygen atoms in total. The Kier molecular flexibility index (Phi) is 4.42. The van der Waals surface area contributed by atoms with Crippen LogP contribution < -0.4 is 4.74 Å². The number of hydrogen-bond donors (Lipinski definition) is 0. The van der Waals surface area contributed by atoms with E-state index in [1.54, 1.807) is 6.07 Å². The van der Waals surface area contributed by atoms with Crippen molar-refractivity contribution < 1.29 is 14.6 Å². The molecule has 0 aromatic heterocycles. The average molecular weight is 301 g/mol. The largest absolute Gasteiger partial charge is 0.496 e. The van der Waals surface area contributed by atoms with E-state index in [1.807, 2.05) is 0 Å². The number of aliphatic imine (C=N–C) groups is 1. The molecule has 0 unspecified atom stereocenters. The molecule has 0 bridgehead atoms. The molecule has 2 rings (SSSR count). The van der Waals surface area contributed by atoms with Gasteiger partial charge in [0.1, 0.15) is 11.4 Å². The van der Waals surface area contributed by atoms with Crippen LogP contribution in [0.2, 0.25) is 0 Å². The second kappa shape index (κ2) is 6.44. The molecule has 0 spiro atoms. The third-order valence-electron chi connectivity index (χ3n) is 2.84. The fourth-order valence-corrected chi connectivity index (χ4v) is 1.71. The van der Waals surface area contributed by atoms with E-state index in [4.69, 9.17) is 4.74 Å². The van der Waals surface area contributed by atoms with Crippen molar-refractivity contribution in [3.05, 3.63) is 68.3 Å². The molecule has 0 fully saturated rings. The summed E-state index contributed by atoms with van der Waals surface area (Å²) in [4.78, 5) is 24.6. The lowest BCUT2D eigenvalue weighted by atomic mass is 10.2. The number of methoxy groups -OCH3 is 1. The molecule has 2 aromatic rings. The van der Waals surface area contributed by atoms with Gasteiger partial charge >= 0.3 is 0 Å². The summed E-state index contributed by atoms with van der Waals surface area (Å²) >= 11 is 0. The SMILES string of the molecule is COc1ccc(N=Cc2ccc([N+](=O)[O-])cc2)c([N+](=O)[O-])c1. The van der Waals surface area contributed by atoms with Crippen LogP contribution in [0.3, 0.4) is 0 Å². The summed E-state index contributed by atoms with van der Waals surface area (Å²) in [5, 5.41) is 21.6. The van der Waals surface area contributed by atoms with E-state index >= 15 is 0 Å². The summed E-state index contributed by atoms with van der Waals surface area (Å²) in [6.07, 6.45) is 1.40. The number of rotatable bonds is 5. The summed E-state index contributed by atoms with van der Waals surface area (Å²) in [5.41, 5.74) is 0.546. The molecule has 112 valence electrons. The van der Waals surface area contributed by atoms with E-state index in [1.165, 1.54) is 49.7 Å². The molecule has 22 heavy (non-hydrogen) atoms. The van der Waals surface area contributed by atoms with Gasteiger partial charge in [0.05, 0.1) is 23.0 Å². The number of nitrogens with zero attached hydrogens (tertiary/aromatic N) is 3. The zero-order valence-corrected chi connectivity index (χ0v) is 11.5. The quantitative estimate of drug-likeness (QED) is 0.478. The van der Waals surface area contributed by atoms with Gasteiger partial charge in [0, 0.05) is 18.3 Å². The van der Waals surface area contributed by atoms with Crippen LogP contribution in [0.25, 0.3) is 0 Å². The highest BCUT2D eigenvalue weighted by Gasteiger charge is 2.14. The molecule has 0 N–H and O–H groups in total. The monoisotopic (exact) mass is 301 g/mol. The smallest absolute Gasteiger partial charge is 0.298 e. The Morgan fingerprint density at radius 3 is 2.27 bits per heavy atom. The molecule has 0 heterocycles. The van der Waals surface area contributed by atoms with Gasteiger partial charge in [-0.15, -0.1) is 0 Å². The first kappa shape index (κ1) is 15.1. The van der Waals surface area contributed by atoms with Gasteiger partial charge in [-0.1, -0.05) is 0 Å². The average Bonchev–Trinajstić information content (AvgIpc) is 2.53. The molecule has 0 saturated heterocycles. The van der Waals surface area contributed by atoms with E-state index in [2.05, 4.69) is 4.99 Å². The van der Waals surface area contributed by atoms with Crippen LogP contribution in [0.1, 0.15) is 5.56 Å². The molecule has 0 atom stereocenters. The normalized spacial score (nSPS) is 10.6. The maximum Gasteiger partial charge on any atom is 0.298 e. The number of benzene rings is 2. The van der Waals surface area contributed by atoms with Crippen molar-refractivity contribution in [2.45, 2.75) is 0 Å². The van der Waals surface area contributed by atoms with Gasteiger partial charge in [-0.3, -0.25) is 20.2 Å². The Labute approximate surface area is 125 Å². The summed E-state index contributed by atoms with van der Waals surface area (Å²) < 4.78 is 4.94. The lowest BCUT2D eigenvalue weighted by Gasteiger charge is -2.01. The van der Waals surface area contributed by atoms with Crippen molar-refractivity contribution in [1.82, 2.24) is 0 Å². The summed E-state index contributed by atoms with van der Waals surface area (Å²) in [6.45, 7) is 0. The number of nitro benzene ring substituents is 2. The number of hydrogen-bond acceptors (Lipinski definition) is 6. The topological polar surface area (TPSA) is 108 Å². The standard InChI is InChI=1S/C14H11N3O5/c1-22-12-6-7-13(14(8-12)17(20)21)15-9-10-2-4-11(5-3-10)16(18)19/h2-9H,1H3. The maximum atomic E-state index is 11.0. The molecule has 8 heteroatoms. The first-order valence-electron chi connectivity index (χ1n) is 6.12. The van der Waals surface area contributed by atoms with E-state index in [-0.39, 0.29) is 17.1 Å². The zero-order chi connectivity index (χ0) is 16.1. The predicted molar refractivity (Wildman–Crippen MR) is 80.0 cm³/mol. The summed E-state index contributed by atoms with van der Waals surface area (Å²) in [5.74, 6) is 0.362. The fourth-order valence-electron chi connectivity index (χ4n) is 1.71. The first-order chi connectivity index (χ1) is 10.5. The van der Waals surface area contributed by atoms with Crippen molar-refractivity contribution in [2.75, 3.05) is 7.11 Å². The van der Waals surface area contributed by atoms with Crippen LogP contribution in [-0.4, -0.2) is 23.2 Å². The minimum Gasteiger partial charge on any atom is -0.496 e. The molecular weight excluding hydrogens is 290 g/mol. The van der Waals surface area contributed by atoms with Gasteiger partial charge < -0.3 is 4.74 Å². The van der Waals surface area contributed by atoms with Crippen molar-refractivity contribution in [2.24, 2.45) is 4.99 Å². The lowest BCUT2D eigenvalue weighted by molar-refractivity contribution is -0.384. The van der Waals surface area contributed by atoms with Gasteiger partial charge in [0.25, 0.3) is 11.4 Å². The molecule has 0 radical (unpaired) electrons. The van der Waals surface area contributed by atoms with Crippen molar-refractivity contribution in [3.8, 4) is 5.75 Å². The van der Waals surface area contributed by atoms with Crippen LogP contribution in [0.5, 0.6) is 5.75 Å². The molecule has 0 amide bonds. The predicted octanol–water partition coefficient (Wildman–Crippen LogP) is 3.26. The van der Waals surface area contributed by atoms with Crippen LogP contribution >= 0.6 is 0 Å². The fraction of sp³-hybridized carbons (Fsp3) is 0.0714. The maximum absolute atomic E-state index is 11.0. The van der Waals surface area contributed by atoms with Crippen LogP contribution in [0.4, 0.5) is 17.1 Å². The molecule has 0 saturated carbocycles. The lowest BCUT2D eigenvalue weighted by Crippen LogP contribution is -1.91. The number of ether oxygens (including phenoxy) is 1. The van der Waals surface area contributed by atoms with Crippen LogP contribution in [0, 0.1) is 20.2 Å². The molecule has 2 aromatic carbocycles. The van der Waals surface area contributed by atoms with Crippen LogP contribution in [-0.2, 0) is 0 Å². The van der Waals surface area contributed by atoms with Gasteiger partial charge in [-0.25, -0.2) is 4.99 Å². The third kappa shape index (κ3) is 3.42. The molecule has 0 aliphatic rings. The Balaban J connectivity index is 2.29. The highest BCUT2D eigenvalue weighted by Crippen LogP contribution is 2.31. The van der Waals surface area contributed by atoms with Gasteiger partial charge in [0.2, 0.25) is 0 Å². The van der Waals surface area contributed by atoms with Crippen molar-refractivity contribution in [3.63, 3.8) is 0 Å². The second-order valence-corrected chi connectivity index (χ2v) is 4.22. The highest BCUT2D eigenvalue weighted by molar-refractivity contribution is 5.83. The molecular formula is C14H11N3O5. The van der Waals surface area contributed by atoms with Gasteiger partial charge in [0.15, 0.2) is 0 Å².